The lowest BCUT2D eigenvalue weighted by molar-refractivity contribution is 0.669. The van der Waals surface area contributed by atoms with E-state index in [4.69, 9.17) is 4.42 Å². The minimum Gasteiger partial charge on any atom is -0.456 e. The highest BCUT2D eigenvalue weighted by molar-refractivity contribution is 6.07. The Kier molecular flexibility index (Phi) is 5.20. The number of nitriles is 1. The van der Waals surface area contributed by atoms with Crippen molar-refractivity contribution in [2.45, 2.75) is 13.3 Å². The van der Waals surface area contributed by atoms with E-state index in [1.165, 1.54) is 16.6 Å². The van der Waals surface area contributed by atoms with Gasteiger partial charge in [-0.3, -0.25) is 4.98 Å². The summed E-state index contributed by atoms with van der Waals surface area (Å²) in [6.45, 7) is 2.25. The van der Waals surface area contributed by atoms with Gasteiger partial charge in [-0.1, -0.05) is 73.7 Å². The van der Waals surface area contributed by atoms with E-state index in [0.717, 1.165) is 61.8 Å². The first kappa shape index (κ1) is 23.5. The molecular weight excluding hydrogens is 502 g/mol. The van der Waals surface area contributed by atoms with Crippen molar-refractivity contribution < 1.29 is 4.42 Å². The van der Waals surface area contributed by atoms with Crippen molar-refractivity contribution in [1.82, 2.24) is 9.55 Å². The van der Waals surface area contributed by atoms with Crippen molar-refractivity contribution >= 4 is 38.9 Å². The fraction of sp³-hybridized carbons (Fsp3) is 0.0811. The summed E-state index contributed by atoms with van der Waals surface area (Å²) >= 11 is 0. The van der Waals surface area contributed by atoms with E-state index in [-0.39, 0.29) is 0 Å². The summed E-state index contributed by atoms with van der Waals surface area (Å²) < 4.78 is 8.49. The molecule has 0 bridgehead atoms. The van der Waals surface area contributed by atoms with Crippen molar-refractivity contribution in [2.24, 2.45) is 5.92 Å². The van der Waals surface area contributed by atoms with Crippen molar-refractivity contribution in [2.75, 3.05) is 0 Å². The molecule has 0 N–H and O–H groups in total. The van der Waals surface area contributed by atoms with Gasteiger partial charge in [0.1, 0.15) is 17.2 Å². The topological polar surface area (TPSA) is 54.8 Å². The Bertz CT molecular complexity index is 2210. The molecule has 194 valence electrons. The third kappa shape index (κ3) is 3.56. The van der Waals surface area contributed by atoms with Gasteiger partial charge in [0, 0.05) is 50.9 Å². The Labute approximate surface area is 237 Å². The largest absolute Gasteiger partial charge is 0.456 e. The molecule has 7 aromatic rings. The number of furan rings is 1. The Hall–Kier alpha value is -5.40. The molecule has 0 saturated heterocycles. The lowest BCUT2D eigenvalue weighted by Gasteiger charge is -2.22. The summed E-state index contributed by atoms with van der Waals surface area (Å²) in [6, 6.07) is 33.8. The van der Waals surface area contributed by atoms with Crippen LogP contribution in [0, 0.1) is 17.2 Å². The second-order valence-electron chi connectivity index (χ2n) is 10.8. The summed E-state index contributed by atoms with van der Waals surface area (Å²) in [5.74, 6) is 0.400. The first-order valence-corrected chi connectivity index (χ1v) is 13.9. The Balaban J connectivity index is 1.50. The monoisotopic (exact) mass is 527 g/mol. The van der Waals surface area contributed by atoms with Gasteiger partial charge in [-0.05, 0) is 59.9 Å². The minimum absolute atomic E-state index is 0.400. The highest BCUT2D eigenvalue weighted by atomic mass is 16.3. The number of allylic oxidation sites excluding steroid dienone is 1. The second-order valence-corrected chi connectivity index (χ2v) is 10.8. The smallest absolute Gasteiger partial charge is 0.135 e. The predicted octanol–water partition coefficient (Wildman–Crippen LogP) is 9.34. The molecule has 4 aromatic carbocycles. The molecule has 1 unspecified atom stereocenters. The van der Waals surface area contributed by atoms with Crippen molar-refractivity contribution in [1.29, 1.82) is 5.26 Å². The summed E-state index contributed by atoms with van der Waals surface area (Å²) in [6.07, 6.45) is 9.00. The van der Waals surface area contributed by atoms with Gasteiger partial charge in [-0.15, -0.1) is 0 Å². The first-order valence-electron chi connectivity index (χ1n) is 13.9. The van der Waals surface area contributed by atoms with E-state index in [9.17, 15) is 5.26 Å². The number of hydrogen-bond donors (Lipinski definition) is 0. The van der Waals surface area contributed by atoms with Crippen LogP contribution in [0.3, 0.4) is 0 Å². The highest BCUT2D eigenvalue weighted by Gasteiger charge is 2.26. The fourth-order valence-corrected chi connectivity index (χ4v) is 6.43. The quantitative estimate of drug-likeness (QED) is 0.230. The lowest BCUT2D eigenvalue weighted by atomic mass is 9.91. The van der Waals surface area contributed by atoms with E-state index >= 15 is 0 Å². The number of aromatic nitrogens is 2. The minimum atomic E-state index is 0.400. The van der Waals surface area contributed by atoms with Crippen LogP contribution in [0.5, 0.6) is 0 Å². The van der Waals surface area contributed by atoms with Gasteiger partial charge in [0.05, 0.1) is 16.8 Å². The molecule has 0 aliphatic heterocycles. The zero-order valence-corrected chi connectivity index (χ0v) is 22.5. The number of nitrogens with zero attached hydrogens (tertiary/aromatic N) is 3. The second kappa shape index (κ2) is 9.08. The van der Waals surface area contributed by atoms with Crippen LogP contribution in [0.15, 0.2) is 114 Å². The van der Waals surface area contributed by atoms with Crippen molar-refractivity contribution in [3.8, 4) is 34.0 Å². The molecule has 3 heterocycles. The average Bonchev–Trinajstić information content (AvgIpc) is 3.55. The fourth-order valence-electron chi connectivity index (χ4n) is 6.43. The maximum absolute atomic E-state index is 10.8. The first-order chi connectivity index (χ1) is 20.2. The van der Waals surface area contributed by atoms with Gasteiger partial charge in [-0.25, -0.2) is 0 Å². The molecule has 0 radical (unpaired) electrons. The zero-order chi connectivity index (χ0) is 27.5. The number of benzene rings is 4. The van der Waals surface area contributed by atoms with Crippen LogP contribution in [-0.2, 0) is 6.42 Å². The molecule has 1 aliphatic rings. The Morgan fingerprint density at radius 1 is 0.805 bits per heavy atom. The molecule has 0 amide bonds. The SMILES string of the molecule is CC1C=Cc2c(n(-c3c(-c4ccc5oc6ccccc6c5c4)ccc(-c4ccncc4)c3C#N)c3ccccc23)C1. The highest BCUT2D eigenvalue weighted by Crippen LogP contribution is 2.43. The summed E-state index contributed by atoms with van der Waals surface area (Å²) in [7, 11) is 0. The van der Waals surface area contributed by atoms with Gasteiger partial charge in [0.15, 0.2) is 0 Å². The Morgan fingerprint density at radius 2 is 1.56 bits per heavy atom. The molecule has 8 rings (SSSR count). The van der Waals surface area contributed by atoms with Crippen LogP contribution in [0.4, 0.5) is 0 Å². The van der Waals surface area contributed by atoms with E-state index in [2.05, 4.69) is 89.3 Å². The van der Waals surface area contributed by atoms with Crippen LogP contribution in [0.1, 0.15) is 23.7 Å². The van der Waals surface area contributed by atoms with Crippen LogP contribution >= 0.6 is 0 Å². The number of fused-ring (bicyclic) bond motifs is 6. The Morgan fingerprint density at radius 3 is 2.41 bits per heavy atom. The van der Waals surface area contributed by atoms with E-state index in [1.807, 2.05) is 36.4 Å². The molecular formula is C37H25N3O. The van der Waals surface area contributed by atoms with Crippen LogP contribution < -0.4 is 0 Å². The standard InChI is InChI=1S/C37H25N3O/c1-23-10-12-29-28-6-2-4-8-33(28)40(34(29)20-23)37-27(14-13-26(32(37)22-38)24-16-18-39-19-17-24)25-11-15-36-31(21-25)30-7-3-5-9-35(30)41-36/h2-19,21,23H,20H2,1H3. The van der Waals surface area contributed by atoms with E-state index in [0.29, 0.717) is 11.5 Å². The molecule has 41 heavy (non-hydrogen) atoms. The number of hydrogen-bond acceptors (Lipinski definition) is 3. The van der Waals surface area contributed by atoms with E-state index in [1.54, 1.807) is 12.4 Å². The summed E-state index contributed by atoms with van der Waals surface area (Å²) in [4.78, 5) is 4.21. The molecule has 4 nitrogen and oxygen atoms in total. The number of para-hydroxylation sites is 2. The van der Waals surface area contributed by atoms with Gasteiger partial charge < -0.3 is 8.98 Å². The molecule has 0 fully saturated rings. The van der Waals surface area contributed by atoms with Gasteiger partial charge in [-0.2, -0.15) is 5.26 Å². The normalized spacial score (nSPS) is 14.5. The van der Waals surface area contributed by atoms with Crippen LogP contribution in [0.25, 0.3) is 66.9 Å². The number of rotatable bonds is 3. The average molecular weight is 528 g/mol. The summed E-state index contributed by atoms with van der Waals surface area (Å²) in [5, 5.41) is 14.2. The maximum Gasteiger partial charge on any atom is 0.135 e. The molecule has 4 heteroatoms. The third-order valence-corrected chi connectivity index (χ3v) is 8.32. The van der Waals surface area contributed by atoms with Gasteiger partial charge in [0.2, 0.25) is 0 Å². The number of pyridine rings is 1. The molecule has 3 aromatic heterocycles. The summed E-state index contributed by atoms with van der Waals surface area (Å²) in [5.41, 5.74) is 10.8. The zero-order valence-electron chi connectivity index (χ0n) is 22.5. The van der Waals surface area contributed by atoms with Crippen LogP contribution in [-0.4, -0.2) is 9.55 Å². The van der Waals surface area contributed by atoms with Crippen molar-refractivity contribution in [3.63, 3.8) is 0 Å². The molecule has 1 aliphatic carbocycles. The van der Waals surface area contributed by atoms with Crippen LogP contribution in [0.2, 0.25) is 0 Å². The third-order valence-electron chi connectivity index (χ3n) is 8.32. The predicted molar refractivity (Wildman–Crippen MR) is 166 cm³/mol. The lowest BCUT2D eigenvalue weighted by Crippen LogP contribution is -2.11. The van der Waals surface area contributed by atoms with Gasteiger partial charge >= 0.3 is 0 Å². The van der Waals surface area contributed by atoms with Gasteiger partial charge in [0.25, 0.3) is 0 Å². The van der Waals surface area contributed by atoms with E-state index < -0.39 is 0 Å². The molecule has 0 saturated carbocycles. The molecule has 1 atom stereocenters. The van der Waals surface area contributed by atoms with Crippen molar-refractivity contribution in [3.05, 3.63) is 126 Å². The maximum atomic E-state index is 10.8. The molecule has 0 spiro atoms.